The summed E-state index contributed by atoms with van der Waals surface area (Å²) in [5.41, 5.74) is 2.24. The van der Waals surface area contributed by atoms with Gasteiger partial charge in [0.05, 0.1) is 16.8 Å². The van der Waals surface area contributed by atoms with Gasteiger partial charge in [-0.3, -0.25) is 4.31 Å². The molecule has 0 N–H and O–H groups in total. The van der Waals surface area contributed by atoms with Crippen LogP contribution in [0.15, 0.2) is 52.0 Å². The number of sulfonamides is 1. The van der Waals surface area contributed by atoms with E-state index >= 15 is 0 Å². The van der Waals surface area contributed by atoms with E-state index in [0.29, 0.717) is 27.3 Å². The lowest BCUT2D eigenvalue weighted by atomic mass is 10.2. The highest BCUT2D eigenvalue weighted by Crippen LogP contribution is 2.44. The predicted octanol–water partition coefficient (Wildman–Crippen LogP) is 4.29. The van der Waals surface area contributed by atoms with E-state index in [9.17, 15) is 8.42 Å². The maximum atomic E-state index is 12.6. The van der Waals surface area contributed by atoms with Crippen molar-refractivity contribution in [1.29, 1.82) is 0 Å². The van der Waals surface area contributed by atoms with Crippen LogP contribution in [-0.4, -0.2) is 25.4 Å². The van der Waals surface area contributed by atoms with Crippen LogP contribution in [0.5, 0.6) is 0 Å². The summed E-state index contributed by atoms with van der Waals surface area (Å²) in [6, 6.07) is 9.37. The lowest BCUT2D eigenvalue weighted by Crippen LogP contribution is -2.30. The molecule has 0 radical (unpaired) electrons. The highest BCUT2D eigenvalue weighted by Gasteiger charge is 2.35. The van der Waals surface area contributed by atoms with Crippen molar-refractivity contribution in [1.82, 2.24) is 9.97 Å². The minimum Gasteiger partial charge on any atom is -0.268 e. The third kappa shape index (κ3) is 2.93. The summed E-state index contributed by atoms with van der Waals surface area (Å²) in [7, 11) is -2.05. The molecule has 0 saturated carbocycles. The van der Waals surface area contributed by atoms with Gasteiger partial charge in [-0.15, -0.1) is 11.3 Å². The molecular weight excluding hydrogens is 398 g/mol. The van der Waals surface area contributed by atoms with E-state index in [1.54, 1.807) is 13.1 Å². The summed E-state index contributed by atoms with van der Waals surface area (Å²) in [6.07, 6.45) is 1.40. The molecule has 0 atom stereocenters. The molecule has 3 heterocycles. The Hall–Kier alpha value is -1.61. The Morgan fingerprint density at radius 3 is 2.76 bits per heavy atom. The van der Waals surface area contributed by atoms with Crippen LogP contribution in [0.25, 0.3) is 10.6 Å². The normalized spacial score (nSPS) is 14.9. The molecule has 25 heavy (non-hydrogen) atoms. The molecule has 0 aliphatic carbocycles. The van der Waals surface area contributed by atoms with Crippen molar-refractivity contribution in [3.05, 3.63) is 52.5 Å². The summed E-state index contributed by atoms with van der Waals surface area (Å²) in [5, 5.41) is 3.11. The van der Waals surface area contributed by atoms with Crippen LogP contribution in [0.1, 0.15) is 5.56 Å². The molecule has 1 aromatic carbocycles. The molecule has 1 aliphatic rings. The van der Waals surface area contributed by atoms with Gasteiger partial charge in [0.2, 0.25) is 0 Å². The van der Waals surface area contributed by atoms with Crippen molar-refractivity contribution in [3.8, 4) is 10.6 Å². The molecular formula is C16H12ClN3O2S3. The highest BCUT2D eigenvalue weighted by molar-refractivity contribution is 7.98. The fourth-order valence-electron chi connectivity index (χ4n) is 2.51. The van der Waals surface area contributed by atoms with Gasteiger partial charge in [0.1, 0.15) is 10.6 Å². The molecule has 128 valence electrons. The van der Waals surface area contributed by atoms with Crippen LogP contribution in [0.2, 0.25) is 5.02 Å². The van der Waals surface area contributed by atoms with Gasteiger partial charge in [-0.05, 0) is 29.1 Å². The lowest BCUT2D eigenvalue weighted by molar-refractivity contribution is 0.592. The van der Waals surface area contributed by atoms with Crippen LogP contribution in [0, 0.1) is 0 Å². The monoisotopic (exact) mass is 409 g/mol. The number of aromatic nitrogens is 2. The van der Waals surface area contributed by atoms with Crippen LogP contribution in [-0.2, 0) is 15.8 Å². The fourth-order valence-corrected chi connectivity index (χ4v) is 5.74. The Morgan fingerprint density at radius 1 is 1.24 bits per heavy atom. The molecule has 0 bridgehead atoms. The average Bonchev–Trinajstić information content (AvgIpc) is 3.09. The molecule has 0 spiro atoms. The Morgan fingerprint density at radius 2 is 2.00 bits per heavy atom. The topological polar surface area (TPSA) is 63.2 Å². The van der Waals surface area contributed by atoms with Crippen molar-refractivity contribution in [2.75, 3.05) is 11.4 Å². The number of hydrogen-bond acceptors (Lipinski definition) is 6. The van der Waals surface area contributed by atoms with E-state index in [1.165, 1.54) is 33.6 Å². The van der Waals surface area contributed by atoms with E-state index in [-0.39, 0.29) is 4.90 Å². The van der Waals surface area contributed by atoms with Gasteiger partial charge in [0.25, 0.3) is 10.0 Å². The number of halogens is 1. The standard InChI is InChI=1S/C16H12ClN3O2S3/c1-20-12-6-7-23-15(12)14-13(25(20,21)22)8-18-16(19-14)24-9-10-2-4-11(17)5-3-10/h2-8H,9H2,1H3. The third-order valence-electron chi connectivity index (χ3n) is 3.85. The van der Waals surface area contributed by atoms with Gasteiger partial charge in [-0.2, -0.15) is 0 Å². The van der Waals surface area contributed by atoms with Gasteiger partial charge < -0.3 is 0 Å². The van der Waals surface area contributed by atoms with Crippen molar-refractivity contribution < 1.29 is 8.42 Å². The van der Waals surface area contributed by atoms with E-state index in [1.807, 2.05) is 29.6 Å². The molecule has 3 aromatic rings. The van der Waals surface area contributed by atoms with Crippen molar-refractivity contribution in [2.24, 2.45) is 0 Å². The zero-order valence-electron chi connectivity index (χ0n) is 13.0. The number of thiophene rings is 1. The number of anilines is 1. The smallest absolute Gasteiger partial charge is 0.267 e. The zero-order chi connectivity index (χ0) is 17.6. The van der Waals surface area contributed by atoms with E-state index in [0.717, 1.165) is 10.4 Å². The Kier molecular flexibility index (Phi) is 4.23. The van der Waals surface area contributed by atoms with E-state index < -0.39 is 10.0 Å². The number of benzene rings is 1. The molecule has 2 aromatic heterocycles. The summed E-state index contributed by atoms with van der Waals surface area (Å²) in [5.74, 6) is 0.680. The first-order valence-electron chi connectivity index (χ1n) is 7.28. The van der Waals surface area contributed by atoms with Crippen molar-refractivity contribution in [2.45, 2.75) is 15.8 Å². The Bertz CT molecular complexity index is 1050. The largest absolute Gasteiger partial charge is 0.268 e. The van der Waals surface area contributed by atoms with Gasteiger partial charge in [-0.1, -0.05) is 35.5 Å². The summed E-state index contributed by atoms with van der Waals surface area (Å²) in [4.78, 5) is 9.76. The second kappa shape index (κ2) is 6.28. The SMILES string of the molecule is CN1c2ccsc2-c2nc(SCc3ccc(Cl)cc3)ncc2S1(=O)=O. The Balaban J connectivity index is 1.68. The van der Waals surface area contributed by atoms with Gasteiger partial charge in [-0.25, -0.2) is 18.4 Å². The first-order valence-corrected chi connectivity index (χ1v) is 11.0. The van der Waals surface area contributed by atoms with Gasteiger partial charge in [0, 0.05) is 17.8 Å². The lowest BCUT2D eigenvalue weighted by Gasteiger charge is -2.25. The Labute approximate surface area is 158 Å². The number of hydrogen-bond donors (Lipinski definition) is 0. The second-order valence-corrected chi connectivity index (χ2v) is 9.62. The molecule has 4 rings (SSSR count). The van der Waals surface area contributed by atoms with Crippen LogP contribution >= 0.6 is 34.7 Å². The minimum atomic E-state index is -3.60. The molecule has 0 unspecified atom stereocenters. The first-order chi connectivity index (χ1) is 12.0. The maximum absolute atomic E-state index is 12.6. The number of nitrogens with zero attached hydrogens (tertiary/aromatic N) is 3. The number of fused-ring (bicyclic) bond motifs is 3. The average molecular weight is 410 g/mol. The minimum absolute atomic E-state index is 0.154. The molecule has 9 heteroatoms. The first kappa shape index (κ1) is 16.8. The van der Waals surface area contributed by atoms with Crippen LogP contribution in [0.3, 0.4) is 0 Å². The zero-order valence-corrected chi connectivity index (χ0v) is 16.2. The molecule has 0 amide bonds. The predicted molar refractivity (Wildman–Crippen MR) is 102 cm³/mol. The van der Waals surface area contributed by atoms with E-state index in [4.69, 9.17) is 11.6 Å². The molecule has 1 aliphatic heterocycles. The van der Waals surface area contributed by atoms with Crippen molar-refractivity contribution in [3.63, 3.8) is 0 Å². The van der Waals surface area contributed by atoms with Crippen LogP contribution < -0.4 is 4.31 Å². The van der Waals surface area contributed by atoms with E-state index in [2.05, 4.69) is 9.97 Å². The quantitative estimate of drug-likeness (QED) is 0.477. The van der Waals surface area contributed by atoms with Gasteiger partial charge >= 0.3 is 0 Å². The van der Waals surface area contributed by atoms with Crippen LogP contribution in [0.4, 0.5) is 5.69 Å². The highest BCUT2D eigenvalue weighted by atomic mass is 35.5. The molecule has 0 saturated heterocycles. The number of thioether (sulfide) groups is 1. The maximum Gasteiger partial charge on any atom is 0.267 e. The molecule has 0 fully saturated rings. The van der Waals surface area contributed by atoms with Crippen molar-refractivity contribution >= 4 is 50.4 Å². The molecule has 5 nitrogen and oxygen atoms in total. The summed E-state index contributed by atoms with van der Waals surface area (Å²) in [6.45, 7) is 0. The van der Waals surface area contributed by atoms with Gasteiger partial charge in [0.15, 0.2) is 5.16 Å². The fraction of sp³-hybridized carbons (Fsp3) is 0.125. The third-order valence-corrected chi connectivity index (χ3v) is 7.72. The summed E-state index contributed by atoms with van der Waals surface area (Å²) >= 11 is 8.83. The summed E-state index contributed by atoms with van der Waals surface area (Å²) < 4.78 is 26.5. The number of rotatable bonds is 3. The second-order valence-electron chi connectivity index (χ2n) is 5.39.